The number of aromatic amines is 1. The van der Waals surface area contributed by atoms with E-state index < -0.39 is 11.9 Å². The van der Waals surface area contributed by atoms with Gasteiger partial charge in [0.1, 0.15) is 17.7 Å². The summed E-state index contributed by atoms with van der Waals surface area (Å²) in [5, 5.41) is 23.1. The molecule has 0 fully saturated rings. The Kier molecular flexibility index (Phi) is 6.38. The number of rotatable bonds is 7. The van der Waals surface area contributed by atoms with Crippen molar-refractivity contribution in [1.29, 1.82) is 0 Å². The Morgan fingerprint density at radius 3 is 2.79 bits per heavy atom. The number of carbonyl (C=O) groups excluding carboxylic acids is 1. The molecule has 0 aliphatic heterocycles. The molecule has 4 rings (SSSR count). The number of aryl methyl sites for hydroxylation is 3. The van der Waals surface area contributed by atoms with Crippen molar-refractivity contribution in [3.63, 3.8) is 0 Å². The van der Waals surface area contributed by atoms with Crippen molar-refractivity contribution in [2.45, 2.75) is 26.8 Å². The maximum Gasteiger partial charge on any atom is 0.307 e. The first-order valence-corrected chi connectivity index (χ1v) is 10.5. The Labute approximate surface area is 194 Å². The van der Waals surface area contributed by atoms with E-state index in [1.165, 1.54) is 6.26 Å². The molecule has 1 amide bonds. The number of oxazole rings is 1. The first kappa shape index (κ1) is 22.4. The number of anilines is 2. The molecule has 11 heteroatoms. The third-order valence-corrected chi connectivity index (χ3v) is 5.25. The molecule has 170 valence electrons. The SMILES string of the molecule is Cc1cnc(Nc2c(C)n[nH]c2C)nc1-c1coc(C(=O)N[C@H](CO)c2cccc(Cl)c2)n1. The Morgan fingerprint density at radius 1 is 1.27 bits per heavy atom. The molecule has 33 heavy (non-hydrogen) atoms. The summed E-state index contributed by atoms with van der Waals surface area (Å²) in [6.45, 7) is 5.28. The van der Waals surface area contributed by atoms with Crippen molar-refractivity contribution in [3.05, 3.63) is 70.2 Å². The zero-order valence-electron chi connectivity index (χ0n) is 18.2. The number of hydrogen-bond acceptors (Lipinski definition) is 8. The van der Waals surface area contributed by atoms with E-state index in [4.69, 9.17) is 16.0 Å². The minimum absolute atomic E-state index is 0.153. The summed E-state index contributed by atoms with van der Waals surface area (Å²) >= 11 is 6.01. The summed E-state index contributed by atoms with van der Waals surface area (Å²) in [6, 6.07) is 6.22. The van der Waals surface area contributed by atoms with Crippen LogP contribution in [0.2, 0.25) is 5.02 Å². The molecule has 0 spiro atoms. The summed E-state index contributed by atoms with van der Waals surface area (Å²) in [4.78, 5) is 25.8. The van der Waals surface area contributed by atoms with Crippen molar-refractivity contribution >= 4 is 29.1 Å². The molecule has 0 aliphatic rings. The standard InChI is InChI=1S/C22H22ClN7O3/c1-11-8-24-22(28-19-12(2)29-30-13(19)3)27-18(11)17-10-33-21(26-17)20(32)25-16(9-31)14-5-4-6-15(23)7-14/h4-8,10,16,31H,9H2,1-3H3,(H,25,32)(H,29,30)(H,24,27,28)/t16-/m1/s1. The number of halogens is 1. The van der Waals surface area contributed by atoms with Crippen molar-refractivity contribution in [1.82, 2.24) is 30.5 Å². The molecule has 0 saturated heterocycles. The van der Waals surface area contributed by atoms with Crippen molar-refractivity contribution in [2.24, 2.45) is 0 Å². The lowest BCUT2D eigenvalue weighted by Crippen LogP contribution is -2.31. The van der Waals surface area contributed by atoms with E-state index in [1.807, 2.05) is 20.8 Å². The molecule has 4 aromatic rings. The zero-order chi connectivity index (χ0) is 23.5. The lowest BCUT2D eigenvalue weighted by Gasteiger charge is -2.15. The van der Waals surface area contributed by atoms with Crippen molar-refractivity contribution in [3.8, 4) is 11.4 Å². The van der Waals surface area contributed by atoms with Gasteiger partial charge in [-0.15, -0.1) is 0 Å². The van der Waals surface area contributed by atoms with Gasteiger partial charge in [0.25, 0.3) is 5.89 Å². The van der Waals surface area contributed by atoms with E-state index in [0.29, 0.717) is 27.9 Å². The second-order valence-electron chi connectivity index (χ2n) is 7.46. The van der Waals surface area contributed by atoms with Crippen LogP contribution in [0.4, 0.5) is 11.6 Å². The van der Waals surface area contributed by atoms with Gasteiger partial charge in [-0.25, -0.2) is 15.0 Å². The lowest BCUT2D eigenvalue weighted by atomic mass is 10.1. The summed E-state index contributed by atoms with van der Waals surface area (Å²) < 4.78 is 5.40. The minimum Gasteiger partial charge on any atom is -0.440 e. The highest BCUT2D eigenvalue weighted by molar-refractivity contribution is 6.30. The van der Waals surface area contributed by atoms with Gasteiger partial charge in [0.2, 0.25) is 5.95 Å². The minimum atomic E-state index is -0.662. The van der Waals surface area contributed by atoms with E-state index in [2.05, 4.69) is 35.8 Å². The molecule has 10 nitrogen and oxygen atoms in total. The fraction of sp³-hybridized carbons (Fsp3) is 0.227. The third-order valence-electron chi connectivity index (χ3n) is 5.02. The van der Waals surface area contributed by atoms with Gasteiger partial charge in [0, 0.05) is 11.2 Å². The van der Waals surface area contributed by atoms with Crippen LogP contribution in [0.5, 0.6) is 0 Å². The van der Waals surface area contributed by atoms with Crippen LogP contribution in [0.1, 0.15) is 39.2 Å². The molecular formula is C22H22ClN7O3. The lowest BCUT2D eigenvalue weighted by molar-refractivity contribution is 0.0881. The number of H-pyrrole nitrogens is 1. The first-order chi connectivity index (χ1) is 15.9. The molecule has 0 bridgehead atoms. The monoisotopic (exact) mass is 467 g/mol. The average molecular weight is 468 g/mol. The van der Waals surface area contributed by atoms with Gasteiger partial charge in [0.05, 0.1) is 29.7 Å². The second-order valence-corrected chi connectivity index (χ2v) is 7.90. The fourth-order valence-corrected chi connectivity index (χ4v) is 3.47. The predicted molar refractivity (Wildman–Crippen MR) is 122 cm³/mol. The first-order valence-electron chi connectivity index (χ1n) is 10.1. The fourth-order valence-electron chi connectivity index (χ4n) is 3.27. The maximum absolute atomic E-state index is 12.7. The van der Waals surface area contributed by atoms with Crippen LogP contribution in [0.3, 0.4) is 0 Å². The molecule has 3 heterocycles. The molecule has 0 saturated carbocycles. The topological polar surface area (TPSA) is 142 Å². The maximum atomic E-state index is 12.7. The predicted octanol–water partition coefficient (Wildman–Crippen LogP) is 3.64. The Hall–Kier alpha value is -3.76. The summed E-state index contributed by atoms with van der Waals surface area (Å²) in [7, 11) is 0. The van der Waals surface area contributed by atoms with Crippen LogP contribution < -0.4 is 10.6 Å². The number of aliphatic hydroxyl groups excluding tert-OH is 1. The summed E-state index contributed by atoms with van der Waals surface area (Å²) in [5.74, 6) is -0.368. The second kappa shape index (κ2) is 9.39. The molecular weight excluding hydrogens is 446 g/mol. The van der Waals surface area contributed by atoms with Crippen molar-refractivity contribution in [2.75, 3.05) is 11.9 Å². The van der Waals surface area contributed by atoms with Gasteiger partial charge in [-0.2, -0.15) is 5.10 Å². The quantitative estimate of drug-likeness (QED) is 0.322. The molecule has 1 aromatic carbocycles. The number of carbonyl (C=O) groups is 1. The normalized spacial score (nSPS) is 11.9. The Balaban J connectivity index is 1.54. The Bertz CT molecular complexity index is 1280. The third kappa shape index (κ3) is 4.86. The van der Waals surface area contributed by atoms with Gasteiger partial charge < -0.3 is 20.2 Å². The summed E-state index contributed by atoms with van der Waals surface area (Å²) in [5.41, 5.74) is 4.76. The summed E-state index contributed by atoms with van der Waals surface area (Å²) in [6.07, 6.45) is 3.01. The van der Waals surface area contributed by atoms with Gasteiger partial charge >= 0.3 is 5.91 Å². The molecule has 3 aromatic heterocycles. The highest BCUT2D eigenvalue weighted by Gasteiger charge is 2.21. The van der Waals surface area contributed by atoms with E-state index in [0.717, 1.165) is 22.6 Å². The molecule has 0 unspecified atom stereocenters. The largest absolute Gasteiger partial charge is 0.440 e. The van der Waals surface area contributed by atoms with Crippen LogP contribution in [-0.2, 0) is 0 Å². The van der Waals surface area contributed by atoms with E-state index in [-0.39, 0.29) is 12.5 Å². The highest BCUT2D eigenvalue weighted by atomic mass is 35.5. The van der Waals surface area contributed by atoms with Gasteiger partial charge in [0.15, 0.2) is 0 Å². The van der Waals surface area contributed by atoms with Gasteiger partial charge in [-0.1, -0.05) is 23.7 Å². The van der Waals surface area contributed by atoms with E-state index in [9.17, 15) is 9.90 Å². The highest BCUT2D eigenvalue weighted by Crippen LogP contribution is 2.25. The van der Waals surface area contributed by atoms with Crippen LogP contribution in [0.15, 0.2) is 41.1 Å². The average Bonchev–Trinajstić information content (AvgIpc) is 3.41. The smallest absolute Gasteiger partial charge is 0.307 e. The van der Waals surface area contributed by atoms with Gasteiger partial charge in [-0.05, 0) is 44.0 Å². The number of nitrogens with one attached hydrogen (secondary N) is 3. The number of amides is 1. The molecule has 4 N–H and O–H groups in total. The number of aromatic nitrogens is 5. The van der Waals surface area contributed by atoms with E-state index >= 15 is 0 Å². The van der Waals surface area contributed by atoms with Crippen molar-refractivity contribution < 1.29 is 14.3 Å². The van der Waals surface area contributed by atoms with Gasteiger partial charge in [-0.3, -0.25) is 9.89 Å². The Morgan fingerprint density at radius 2 is 2.09 bits per heavy atom. The van der Waals surface area contributed by atoms with Crippen LogP contribution in [0.25, 0.3) is 11.4 Å². The number of benzene rings is 1. The zero-order valence-corrected chi connectivity index (χ0v) is 18.9. The number of nitrogens with zero attached hydrogens (tertiary/aromatic N) is 4. The molecule has 1 atom stereocenters. The van der Waals surface area contributed by atoms with Crippen LogP contribution in [0, 0.1) is 20.8 Å². The van der Waals surface area contributed by atoms with E-state index in [1.54, 1.807) is 30.5 Å². The van der Waals surface area contributed by atoms with Crippen LogP contribution in [-0.4, -0.2) is 42.8 Å². The van der Waals surface area contributed by atoms with Crippen LogP contribution >= 0.6 is 11.6 Å². The molecule has 0 radical (unpaired) electrons. The number of aliphatic hydroxyl groups is 1. The molecule has 0 aliphatic carbocycles. The number of hydrogen-bond donors (Lipinski definition) is 4.